The fourth-order valence-corrected chi connectivity index (χ4v) is 9.38. The summed E-state index contributed by atoms with van der Waals surface area (Å²) in [6, 6.07) is 8.20. The number of hydrogen-bond donors (Lipinski definition) is 1. The average Bonchev–Trinajstić information content (AvgIpc) is 2.90. The summed E-state index contributed by atoms with van der Waals surface area (Å²) in [6.07, 6.45) is 13.5. The molecule has 1 aliphatic heterocycles. The third-order valence-corrected chi connectivity index (χ3v) is 11.3. The van der Waals surface area contributed by atoms with E-state index in [1.165, 1.54) is 19.3 Å². The molecule has 0 spiro atoms. The third kappa shape index (κ3) is 5.29. The van der Waals surface area contributed by atoms with Crippen LogP contribution >= 0.6 is 23.2 Å². The number of halogens is 2. The highest BCUT2D eigenvalue weighted by atomic mass is 35.5. The lowest BCUT2D eigenvalue weighted by atomic mass is 9.44. The number of nitrogens with zero attached hydrogens (tertiary/aromatic N) is 1. The summed E-state index contributed by atoms with van der Waals surface area (Å²) in [5, 5.41) is 3.38. The number of anilines is 1. The molecule has 1 aromatic carbocycles. The molecule has 7 atom stereocenters. The number of amides is 1. The molecule has 1 unspecified atom stereocenters. The molecular weight excluding hydrogens is 515 g/mol. The van der Waals surface area contributed by atoms with E-state index in [1.807, 2.05) is 24.3 Å². The molecule has 4 nitrogen and oxygen atoms in total. The summed E-state index contributed by atoms with van der Waals surface area (Å²) in [5.74, 6) is 4.37. The van der Waals surface area contributed by atoms with Crippen LogP contribution in [-0.4, -0.2) is 42.1 Å². The maximum absolute atomic E-state index is 13.4. The zero-order valence-electron chi connectivity index (χ0n) is 23.1. The second-order valence-corrected chi connectivity index (χ2v) is 13.6. The Morgan fingerprint density at radius 2 is 1.79 bits per heavy atom. The Morgan fingerprint density at radius 3 is 2.55 bits per heavy atom. The predicted molar refractivity (Wildman–Crippen MR) is 158 cm³/mol. The lowest BCUT2D eigenvalue weighted by Crippen LogP contribution is -2.63. The number of allylic oxidation sites excluding steroid dienone is 1. The molecule has 0 bridgehead atoms. The number of benzene rings is 1. The number of hydrogen-bond acceptors (Lipinski definition) is 3. The van der Waals surface area contributed by atoms with Crippen molar-refractivity contribution in [3.8, 4) is 0 Å². The maximum Gasteiger partial charge on any atom is 0.220 e. The molecule has 5 rings (SSSR count). The summed E-state index contributed by atoms with van der Waals surface area (Å²) in [5.41, 5.74) is 2.43. The van der Waals surface area contributed by atoms with Gasteiger partial charge in [-0.3, -0.25) is 9.59 Å². The van der Waals surface area contributed by atoms with E-state index in [2.05, 4.69) is 36.2 Å². The molecule has 208 valence electrons. The molecule has 4 aliphatic rings. The van der Waals surface area contributed by atoms with E-state index in [-0.39, 0.29) is 23.1 Å². The Balaban J connectivity index is 1.26. The molecule has 1 amide bonds. The van der Waals surface area contributed by atoms with Crippen LogP contribution in [0.5, 0.6) is 0 Å². The van der Waals surface area contributed by atoms with Gasteiger partial charge in [-0.1, -0.05) is 25.1 Å². The van der Waals surface area contributed by atoms with E-state index in [0.717, 1.165) is 62.4 Å². The highest BCUT2D eigenvalue weighted by molar-refractivity contribution is 6.18. The maximum atomic E-state index is 13.4. The van der Waals surface area contributed by atoms with Crippen LogP contribution < -0.4 is 10.2 Å². The van der Waals surface area contributed by atoms with Gasteiger partial charge in [0.25, 0.3) is 0 Å². The molecule has 6 heteroatoms. The molecule has 38 heavy (non-hydrogen) atoms. The van der Waals surface area contributed by atoms with Crippen molar-refractivity contribution >= 4 is 46.7 Å². The van der Waals surface area contributed by atoms with E-state index in [9.17, 15) is 9.59 Å². The quantitative estimate of drug-likeness (QED) is 0.274. The van der Waals surface area contributed by atoms with Crippen LogP contribution in [0, 0.1) is 35.0 Å². The van der Waals surface area contributed by atoms with Crippen molar-refractivity contribution in [2.45, 2.75) is 77.2 Å². The van der Waals surface area contributed by atoms with Crippen molar-refractivity contribution in [2.75, 3.05) is 29.7 Å². The van der Waals surface area contributed by atoms with Gasteiger partial charge in [-0.25, -0.2) is 0 Å². The van der Waals surface area contributed by atoms with Crippen LogP contribution in [0.2, 0.25) is 0 Å². The normalized spacial score (nSPS) is 36.6. The first-order chi connectivity index (χ1) is 18.3. The van der Waals surface area contributed by atoms with Crippen molar-refractivity contribution in [1.29, 1.82) is 0 Å². The second kappa shape index (κ2) is 11.5. The fourth-order valence-electron chi connectivity index (χ4n) is 8.97. The van der Waals surface area contributed by atoms with Crippen LogP contribution in [-0.2, 0) is 9.59 Å². The summed E-state index contributed by atoms with van der Waals surface area (Å²) in [6.45, 7) is 6.28. The van der Waals surface area contributed by atoms with Gasteiger partial charge in [-0.05, 0) is 111 Å². The number of fused-ring (bicyclic) bond motifs is 5. The largest absolute Gasteiger partial charge is 0.369 e. The summed E-state index contributed by atoms with van der Waals surface area (Å²) in [7, 11) is 0. The van der Waals surface area contributed by atoms with E-state index >= 15 is 0 Å². The Kier molecular flexibility index (Phi) is 8.50. The highest BCUT2D eigenvalue weighted by Gasteiger charge is 2.58. The molecule has 1 saturated heterocycles. The molecule has 3 saturated carbocycles. The Morgan fingerprint density at radius 1 is 1.03 bits per heavy atom. The number of ketones is 1. The number of nitrogens with one attached hydrogen (secondary N) is 1. The van der Waals surface area contributed by atoms with Crippen molar-refractivity contribution in [3.05, 3.63) is 35.9 Å². The standard InChI is InChI=1S/C32H44Cl2N2O2/c1-31-15-13-23(29(37)11-7-22-5-3-4-6-28(22)36(19-17-33)20-18-34)21-24(31)8-9-25-26(31)14-16-32(2)27(25)10-12-30(38)35-32/h3-7,11,23-27H,8-10,12-21H2,1-2H3,(H,35,38)/b11-7+/t23-,24-,25+,26-,27-,31-,32?/m0/s1. The number of rotatable bonds is 8. The zero-order valence-corrected chi connectivity index (χ0v) is 24.6. The van der Waals surface area contributed by atoms with Gasteiger partial charge in [-0.2, -0.15) is 0 Å². The van der Waals surface area contributed by atoms with Crippen LogP contribution in [0.3, 0.4) is 0 Å². The number of alkyl halides is 2. The Bertz CT molecular complexity index is 1050. The van der Waals surface area contributed by atoms with Crippen LogP contribution in [0.25, 0.3) is 6.08 Å². The van der Waals surface area contributed by atoms with Gasteiger partial charge in [0.2, 0.25) is 5.91 Å². The topological polar surface area (TPSA) is 49.4 Å². The highest BCUT2D eigenvalue weighted by Crippen LogP contribution is 2.63. The first kappa shape index (κ1) is 28.0. The van der Waals surface area contributed by atoms with Gasteiger partial charge in [0, 0.05) is 48.4 Å². The van der Waals surface area contributed by atoms with E-state index in [0.29, 0.717) is 41.3 Å². The van der Waals surface area contributed by atoms with Crippen molar-refractivity contribution in [3.63, 3.8) is 0 Å². The number of carbonyl (C=O) groups excluding carboxylic acids is 2. The minimum Gasteiger partial charge on any atom is -0.369 e. The van der Waals surface area contributed by atoms with Crippen LogP contribution in [0.1, 0.15) is 77.2 Å². The van der Waals surface area contributed by atoms with Gasteiger partial charge in [0.15, 0.2) is 5.78 Å². The second-order valence-electron chi connectivity index (χ2n) is 12.8. The van der Waals surface area contributed by atoms with Gasteiger partial charge in [0.05, 0.1) is 0 Å². The lowest BCUT2D eigenvalue weighted by Gasteiger charge is -2.62. The minimum atomic E-state index is -0.0168. The Hall–Kier alpha value is -1.52. The number of piperidine rings is 1. The SMILES string of the molecule is CC12CC[C@H]3[C@@H](CC[C@H]4C[C@@H](C(=O)/C=C/c5ccccc5N(CCCl)CCCl)CC[C@@]43C)[C@@H]1CCC(=O)N2. The van der Waals surface area contributed by atoms with Gasteiger partial charge >= 0.3 is 0 Å². The smallest absolute Gasteiger partial charge is 0.220 e. The molecule has 1 N–H and O–H groups in total. The van der Waals surface area contributed by atoms with Gasteiger partial charge in [-0.15, -0.1) is 23.2 Å². The minimum absolute atomic E-state index is 0.0168. The molecule has 1 aromatic rings. The molecular formula is C32H44Cl2N2O2. The van der Waals surface area contributed by atoms with E-state index in [4.69, 9.17) is 23.2 Å². The van der Waals surface area contributed by atoms with Crippen LogP contribution in [0.4, 0.5) is 5.69 Å². The fraction of sp³-hybridized carbons (Fsp3) is 0.688. The van der Waals surface area contributed by atoms with Gasteiger partial charge in [0.1, 0.15) is 0 Å². The van der Waals surface area contributed by atoms with Gasteiger partial charge < -0.3 is 10.2 Å². The predicted octanol–water partition coefficient (Wildman–Crippen LogP) is 7.08. The number of carbonyl (C=O) groups is 2. The Labute approximate surface area is 238 Å². The van der Waals surface area contributed by atoms with Crippen molar-refractivity contribution < 1.29 is 9.59 Å². The lowest BCUT2D eigenvalue weighted by molar-refractivity contribution is -0.141. The molecule has 4 fully saturated rings. The van der Waals surface area contributed by atoms with Crippen molar-refractivity contribution in [1.82, 2.24) is 5.32 Å². The first-order valence-corrected chi connectivity index (χ1v) is 15.8. The molecule has 3 aliphatic carbocycles. The monoisotopic (exact) mass is 558 g/mol. The van der Waals surface area contributed by atoms with E-state index < -0.39 is 0 Å². The summed E-state index contributed by atoms with van der Waals surface area (Å²) in [4.78, 5) is 27.8. The van der Waals surface area contributed by atoms with Crippen molar-refractivity contribution in [2.24, 2.45) is 35.0 Å². The van der Waals surface area contributed by atoms with E-state index in [1.54, 1.807) is 0 Å². The number of para-hydroxylation sites is 1. The first-order valence-electron chi connectivity index (χ1n) is 14.8. The summed E-state index contributed by atoms with van der Waals surface area (Å²) < 4.78 is 0. The molecule has 0 radical (unpaired) electrons. The summed E-state index contributed by atoms with van der Waals surface area (Å²) >= 11 is 12.1. The average molecular weight is 560 g/mol. The zero-order chi connectivity index (χ0) is 26.9. The third-order valence-electron chi connectivity index (χ3n) is 11.0. The molecule has 0 aromatic heterocycles. The van der Waals surface area contributed by atoms with Crippen LogP contribution in [0.15, 0.2) is 30.3 Å². The molecule has 1 heterocycles.